The lowest BCUT2D eigenvalue weighted by Crippen LogP contribution is -1.96. The third-order valence-corrected chi connectivity index (χ3v) is 3.73. The molecule has 0 saturated carbocycles. The van der Waals surface area contributed by atoms with Crippen LogP contribution in [0.5, 0.6) is 0 Å². The Morgan fingerprint density at radius 1 is 1.10 bits per heavy atom. The maximum atomic E-state index is 12.7. The Labute approximate surface area is 135 Å². The number of hydrogen-bond donors (Lipinski definition) is 0. The predicted octanol–water partition coefficient (Wildman–Crippen LogP) is 5.06. The zero-order valence-corrected chi connectivity index (χ0v) is 14.0. The highest BCUT2D eigenvalue weighted by molar-refractivity contribution is 9.09. The van der Waals surface area contributed by atoms with Crippen molar-refractivity contribution in [2.75, 3.05) is 11.9 Å². The first-order valence-electron chi connectivity index (χ1n) is 7.06. The van der Waals surface area contributed by atoms with E-state index in [2.05, 4.69) is 22.5 Å². The van der Waals surface area contributed by atoms with Gasteiger partial charge in [-0.25, -0.2) is 4.39 Å². The van der Waals surface area contributed by atoms with E-state index in [4.69, 9.17) is 9.53 Å². The van der Waals surface area contributed by atoms with Crippen molar-refractivity contribution in [1.82, 2.24) is 0 Å². The highest BCUT2D eigenvalue weighted by atomic mass is 79.9. The summed E-state index contributed by atoms with van der Waals surface area (Å²) in [7, 11) is 0. The van der Waals surface area contributed by atoms with E-state index < -0.39 is 0 Å². The molecule has 0 aliphatic heterocycles. The van der Waals surface area contributed by atoms with E-state index in [-0.39, 0.29) is 5.82 Å². The van der Waals surface area contributed by atoms with Gasteiger partial charge in [-0.05, 0) is 37.0 Å². The van der Waals surface area contributed by atoms with Crippen LogP contribution < -0.4 is 0 Å². The normalized spacial score (nSPS) is 9.81. The molecule has 0 aliphatic rings. The number of ether oxygens (including phenoxy) is 1. The molecule has 0 saturated heterocycles. The van der Waals surface area contributed by atoms with Gasteiger partial charge in [0.1, 0.15) is 12.6 Å². The van der Waals surface area contributed by atoms with Gasteiger partial charge in [0.2, 0.25) is 0 Å². The maximum absolute atomic E-state index is 12.7. The van der Waals surface area contributed by atoms with Gasteiger partial charge in [-0.1, -0.05) is 53.1 Å². The van der Waals surface area contributed by atoms with Crippen LogP contribution in [0.15, 0.2) is 36.4 Å². The van der Waals surface area contributed by atoms with Gasteiger partial charge in [-0.15, -0.1) is 0 Å². The number of carbonyl (C=O) groups is 1. The van der Waals surface area contributed by atoms with Gasteiger partial charge in [-0.3, -0.25) is 0 Å². The van der Waals surface area contributed by atoms with Crippen molar-refractivity contribution in [2.24, 2.45) is 0 Å². The highest BCUT2D eigenvalue weighted by Gasteiger charge is 1.96. The average Bonchev–Trinajstić information content (AvgIpc) is 2.53. The summed E-state index contributed by atoms with van der Waals surface area (Å²) in [6.45, 7) is 7.31. The Morgan fingerprint density at radius 2 is 1.71 bits per heavy atom. The summed E-state index contributed by atoms with van der Waals surface area (Å²) >= 11 is 3.40. The van der Waals surface area contributed by atoms with E-state index in [1.54, 1.807) is 12.1 Å². The minimum atomic E-state index is -0.200. The average molecular weight is 359 g/mol. The quantitative estimate of drug-likeness (QED) is 0.332. The molecule has 4 heteroatoms. The Bertz CT molecular complexity index is 379. The predicted molar refractivity (Wildman–Crippen MR) is 89.2 cm³/mol. The molecular weight excluding hydrogens is 335 g/mol. The third kappa shape index (κ3) is 11.3. The molecule has 2 nitrogen and oxygen atoms in total. The van der Waals surface area contributed by atoms with Crippen molar-refractivity contribution in [1.29, 1.82) is 0 Å². The van der Waals surface area contributed by atoms with Crippen molar-refractivity contribution in [3.8, 4) is 0 Å². The van der Waals surface area contributed by atoms with Crippen LogP contribution in [0.2, 0.25) is 0 Å². The van der Waals surface area contributed by atoms with E-state index in [9.17, 15) is 4.39 Å². The van der Waals surface area contributed by atoms with Crippen molar-refractivity contribution in [3.63, 3.8) is 0 Å². The number of unbranched alkanes of at least 4 members (excludes halogenated alkanes) is 3. The zero-order chi connectivity index (χ0) is 15.9. The molecular formula is C17H24BrFO2. The minimum Gasteiger partial charge on any atom is -0.377 e. The molecule has 1 aromatic carbocycles. The van der Waals surface area contributed by atoms with Crippen LogP contribution in [-0.2, 0) is 16.1 Å². The standard InChI is InChI=1S/C16H22BrFO.CH2O/c1-14(12-17)6-4-2-3-5-11-19-13-15-7-9-16(18)10-8-15;1-2/h7-10H,1-6,11-13H2;1H2. The molecule has 0 bridgehead atoms. The van der Waals surface area contributed by atoms with Gasteiger partial charge in [0.15, 0.2) is 0 Å². The number of benzene rings is 1. The fourth-order valence-electron chi connectivity index (χ4n) is 1.77. The summed E-state index contributed by atoms with van der Waals surface area (Å²) in [6, 6.07) is 6.47. The van der Waals surface area contributed by atoms with Crippen molar-refractivity contribution >= 4 is 22.7 Å². The fourth-order valence-corrected chi connectivity index (χ4v) is 2.05. The topological polar surface area (TPSA) is 26.3 Å². The SMILES string of the molecule is C=C(CBr)CCCCCCOCc1ccc(F)cc1.C=O. The fraction of sp³-hybridized carbons (Fsp3) is 0.471. The Morgan fingerprint density at radius 3 is 2.33 bits per heavy atom. The molecule has 118 valence electrons. The van der Waals surface area contributed by atoms with Gasteiger partial charge in [0, 0.05) is 11.9 Å². The van der Waals surface area contributed by atoms with E-state index in [0.717, 1.165) is 30.3 Å². The molecule has 0 aliphatic carbocycles. The summed E-state index contributed by atoms with van der Waals surface area (Å²) in [5, 5.41) is 0.910. The lowest BCUT2D eigenvalue weighted by Gasteiger charge is -2.05. The number of halogens is 2. The molecule has 0 radical (unpaired) electrons. The van der Waals surface area contributed by atoms with Gasteiger partial charge in [0.25, 0.3) is 0 Å². The van der Waals surface area contributed by atoms with Gasteiger partial charge in [0.05, 0.1) is 6.61 Å². The number of alkyl halides is 1. The zero-order valence-electron chi connectivity index (χ0n) is 12.5. The van der Waals surface area contributed by atoms with Gasteiger partial charge >= 0.3 is 0 Å². The second-order valence-corrected chi connectivity index (χ2v) is 5.29. The first-order chi connectivity index (χ1) is 10.2. The Kier molecular flexibility index (Phi) is 13.3. The Balaban J connectivity index is 0.00000191. The largest absolute Gasteiger partial charge is 0.377 e. The Hall–Kier alpha value is -1.00. The highest BCUT2D eigenvalue weighted by Crippen LogP contribution is 2.11. The van der Waals surface area contributed by atoms with E-state index >= 15 is 0 Å². The van der Waals surface area contributed by atoms with Crippen molar-refractivity contribution in [3.05, 3.63) is 47.8 Å². The summed E-state index contributed by atoms with van der Waals surface area (Å²) in [6.07, 6.45) is 5.83. The molecule has 0 aromatic heterocycles. The molecule has 0 atom stereocenters. The van der Waals surface area contributed by atoms with Gasteiger partial charge < -0.3 is 9.53 Å². The van der Waals surface area contributed by atoms with Crippen LogP contribution in [0, 0.1) is 5.82 Å². The maximum Gasteiger partial charge on any atom is 0.123 e. The number of allylic oxidation sites excluding steroid dienone is 1. The summed E-state index contributed by atoms with van der Waals surface area (Å²) in [4.78, 5) is 8.00. The summed E-state index contributed by atoms with van der Waals surface area (Å²) in [5.74, 6) is -0.200. The first-order valence-corrected chi connectivity index (χ1v) is 8.18. The second kappa shape index (κ2) is 14.0. The molecule has 0 N–H and O–H groups in total. The minimum absolute atomic E-state index is 0.200. The molecule has 0 unspecified atom stereocenters. The monoisotopic (exact) mass is 358 g/mol. The van der Waals surface area contributed by atoms with E-state index in [1.165, 1.54) is 37.0 Å². The first kappa shape index (κ1) is 20.0. The molecule has 0 fully saturated rings. The number of hydrogen-bond acceptors (Lipinski definition) is 2. The third-order valence-electron chi connectivity index (χ3n) is 2.94. The van der Waals surface area contributed by atoms with Crippen LogP contribution >= 0.6 is 15.9 Å². The number of rotatable bonds is 10. The summed E-state index contributed by atoms with van der Waals surface area (Å²) in [5.41, 5.74) is 2.29. The smallest absolute Gasteiger partial charge is 0.123 e. The van der Waals surface area contributed by atoms with Crippen LogP contribution in [0.25, 0.3) is 0 Å². The van der Waals surface area contributed by atoms with Crippen molar-refractivity contribution < 1.29 is 13.9 Å². The van der Waals surface area contributed by atoms with E-state index in [0.29, 0.717) is 6.61 Å². The van der Waals surface area contributed by atoms with Gasteiger partial charge in [-0.2, -0.15) is 0 Å². The van der Waals surface area contributed by atoms with Crippen LogP contribution in [0.3, 0.4) is 0 Å². The molecule has 1 rings (SSSR count). The van der Waals surface area contributed by atoms with Crippen LogP contribution in [0.1, 0.15) is 37.7 Å². The molecule has 0 amide bonds. The van der Waals surface area contributed by atoms with Crippen LogP contribution in [0.4, 0.5) is 4.39 Å². The lowest BCUT2D eigenvalue weighted by atomic mass is 10.1. The molecule has 21 heavy (non-hydrogen) atoms. The summed E-state index contributed by atoms with van der Waals surface area (Å²) < 4.78 is 18.2. The molecule has 0 spiro atoms. The lowest BCUT2D eigenvalue weighted by molar-refractivity contribution is -0.0979. The van der Waals surface area contributed by atoms with E-state index in [1.807, 2.05) is 6.79 Å². The molecule has 0 heterocycles. The number of carbonyl (C=O) groups excluding carboxylic acids is 1. The van der Waals surface area contributed by atoms with Crippen LogP contribution in [-0.4, -0.2) is 18.7 Å². The second-order valence-electron chi connectivity index (χ2n) is 4.73. The van der Waals surface area contributed by atoms with Crippen molar-refractivity contribution in [2.45, 2.75) is 38.7 Å². The molecule has 1 aromatic rings.